The molecule has 2 aromatic rings. The van der Waals surface area contributed by atoms with Gasteiger partial charge in [-0.25, -0.2) is 4.98 Å². The summed E-state index contributed by atoms with van der Waals surface area (Å²) in [5.74, 6) is 0. The highest BCUT2D eigenvalue weighted by molar-refractivity contribution is 6.32. The molecule has 0 aliphatic rings. The topological polar surface area (TPSA) is 30.7 Å². The van der Waals surface area contributed by atoms with Crippen LogP contribution in [0.4, 0.5) is 0 Å². The molecule has 0 N–H and O–H groups in total. The normalized spacial score (nSPS) is 10.9. The van der Waals surface area contributed by atoms with Crippen molar-refractivity contribution in [2.75, 3.05) is 0 Å². The van der Waals surface area contributed by atoms with Crippen LogP contribution in [0, 0.1) is 13.8 Å². The Morgan fingerprint density at radius 2 is 1.88 bits per heavy atom. The molecule has 0 unspecified atom stereocenters. The fourth-order valence-electron chi connectivity index (χ4n) is 1.54. The third-order valence-corrected chi connectivity index (χ3v) is 3.58. The lowest BCUT2D eigenvalue weighted by Crippen LogP contribution is -2.06. The molecule has 0 saturated carbocycles. The van der Waals surface area contributed by atoms with Crippen molar-refractivity contribution in [1.29, 1.82) is 0 Å². The number of rotatable bonds is 2. The van der Waals surface area contributed by atoms with Crippen LogP contribution >= 0.6 is 34.8 Å². The maximum absolute atomic E-state index is 6.07. The molecule has 0 saturated heterocycles. The average Bonchev–Trinajstić information content (AvgIpc) is 2.52. The van der Waals surface area contributed by atoms with Gasteiger partial charge in [0.25, 0.3) is 0 Å². The van der Waals surface area contributed by atoms with E-state index in [-0.39, 0.29) is 0 Å². The van der Waals surface area contributed by atoms with Crippen LogP contribution in [-0.4, -0.2) is 14.8 Å². The van der Waals surface area contributed by atoms with Gasteiger partial charge in [-0.3, -0.25) is 4.68 Å². The number of hydrogen-bond acceptors (Lipinski definition) is 2. The smallest absolute Gasteiger partial charge is 0.129 e. The molecule has 6 heteroatoms. The van der Waals surface area contributed by atoms with Crippen LogP contribution < -0.4 is 0 Å². The number of aryl methyl sites for hydroxylation is 1. The van der Waals surface area contributed by atoms with Gasteiger partial charge >= 0.3 is 0 Å². The number of halogens is 3. The molecular formula is C11H10Cl3N3. The zero-order valence-corrected chi connectivity index (χ0v) is 11.6. The van der Waals surface area contributed by atoms with Crippen LogP contribution in [0.2, 0.25) is 15.2 Å². The first-order valence-electron chi connectivity index (χ1n) is 4.99. The largest absolute Gasteiger partial charge is 0.262 e. The highest BCUT2D eigenvalue weighted by Gasteiger charge is 2.11. The van der Waals surface area contributed by atoms with E-state index in [2.05, 4.69) is 10.1 Å². The van der Waals surface area contributed by atoms with Crippen molar-refractivity contribution < 1.29 is 0 Å². The first-order chi connectivity index (χ1) is 7.99. The van der Waals surface area contributed by atoms with E-state index in [0.717, 1.165) is 11.4 Å². The Morgan fingerprint density at radius 3 is 2.47 bits per heavy atom. The Bertz CT molecular complexity index is 563. The van der Waals surface area contributed by atoms with Gasteiger partial charge in [-0.1, -0.05) is 34.8 Å². The van der Waals surface area contributed by atoms with Gasteiger partial charge in [0.05, 0.1) is 33.7 Å². The lowest BCUT2D eigenvalue weighted by atomic mass is 10.3. The predicted molar refractivity (Wildman–Crippen MR) is 70.1 cm³/mol. The fourth-order valence-corrected chi connectivity index (χ4v) is 2.00. The third kappa shape index (κ3) is 2.57. The van der Waals surface area contributed by atoms with E-state index in [1.54, 1.807) is 16.8 Å². The molecule has 17 heavy (non-hydrogen) atoms. The highest BCUT2D eigenvalue weighted by atomic mass is 35.5. The first-order valence-corrected chi connectivity index (χ1v) is 6.13. The molecule has 0 bridgehead atoms. The van der Waals surface area contributed by atoms with E-state index in [1.165, 1.54) is 0 Å². The molecule has 0 spiro atoms. The van der Waals surface area contributed by atoms with Crippen LogP contribution in [0.15, 0.2) is 12.1 Å². The molecule has 0 fully saturated rings. The second kappa shape index (κ2) is 4.84. The minimum atomic E-state index is 0.414. The number of nitrogens with zero attached hydrogens (tertiary/aromatic N) is 3. The molecule has 0 atom stereocenters. The monoisotopic (exact) mass is 289 g/mol. The molecule has 2 heterocycles. The summed E-state index contributed by atoms with van der Waals surface area (Å²) in [6.45, 7) is 4.22. The van der Waals surface area contributed by atoms with Crippen molar-refractivity contribution in [3.05, 3.63) is 44.4 Å². The standard InChI is InChI=1S/C11H10Cl3N3/c1-6-11(14)7(2)17(16-6)5-9-8(12)3-4-10(13)15-9/h3-4H,5H2,1-2H3. The summed E-state index contributed by atoms with van der Waals surface area (Å²) in [5.41, 5.74) is 2.37. The van der Waals surface area contributed by atoms with Crippen molar-refractivity contribution in [1.82, 2.24) is 14.8 Å². The average molecular weight is 291 g/mol. The summed E-state index contributed by atoms with van der Waals surface area (Å²) < 4.78 is 1.77. The van der Waals surface area contributed by atoms with Crippen molar-refractivity contribution in [2.24, 2.45) is 0 Å². The molecule has 90 valence electrons. The molecule has 0 radical (unpaired) electrons. The highest BCUT2D eigenvalue weighted by Crippen LogP contribution is 2.22. The van der Waals surface area contributed by atoms with E-state index in [1.807, 2.05) is 13.8 Å². The first kappa shape index (κ1) is 12.7. The molecule has 0 aromatic carbocycles. The zero-order valence-electron chi connectivity index (χ0n) is 9.34. The van der Waals surface area contributed by atoms with Gasteiger partial charge < -0.3 is 0 Å². The summed E-state index contributed by atoms with van der Waals surface area (Å²) in [6.07, 6.45) is 0. The lowest BCUT2D eigenvalue weighted by Gasteiger charge is -2.06. The van der Waals surface area contributed by atoms with Gasteiger partial charge in [0, 0.05) is 0 Å². The number of aromatic nitrogens is 3. The molecule has 3 nitrogen and oxygen atoms in total. The van der Waals surface area contributed by atoms with Crippen molar-refractivity contribution in [3.8, 4) is 0 Å². The Labute approximate surface area is 114 Å². The summed E-state index contributed by atoms with van der Waals surface area (Å²) in [4.78, 5) is 4.18. The third-order valence-electron chi connectivity index (χ3n) is 2.48. The van der Waals surface area contributed by atoms with Gasteiger partial charge in [-0.2, -0.15) is 5.10 Å². The summed E-state index contributed by atoms with van der Waals surface area (Å²) >= 11 is 18.0. The zero-order chi connectivity index (χ0) is 12.6. The Hall–Kier alpha value is -0.770. The Morgan fingerprint density at radius 1 is 1.18 bits per heavy atom. The Balaban J connectivity index is 2.37. The molecule has 0 aliphatic heterocycles. The molecule has 0 aliphatic carbocycles. The quantitative estimate of drug-likeness (QED) is 0.785. The number of pyridine rings is 1. The summed E-state index contributed by atoms with van der Waals surface area (Å²) in [7, 11) is 0. The van der Waals surface area contributed by atoms with Crippen molar-refractivity contribution in [2.45, 2.75) is 20.4 Å². The van der Waals surface area contributed by atoms with E-state index < -0.39 is 0 Å². The van der Waals surface area contributed by atoms with Gasteiger partial charge in [0.1, 0.15) is 5.15 Å². The van der Waals surface area contributed by atoms with E-state index in [4.69, 9.17) is 34.8 Å². The minimum Gasteiger partial charge on any atom is -0.262 e. The summed E-state index contributed by atoms with van der Waals surface area (Å²) in [6, 6.07) is 3.38. The second-order valence-corrected chi connectivity index (χ2v) is 4.88. The SMILES string of the molecule is Cc1nn(Cc2nc(Cl)ccc2Cl)c(C)c1Cl. The second-order valence-electron chi connectivity index (χ2n) is 3.70. The predicted octanol–water partition coefficient (Wildman–Crippen LogP) is 3.90. The van der Waals surface area contributed by atoms with Crippen molar-refractivity contribution >= 4 is 34.8 Å². The van der Waals surface area contributed by atoms with Gasteiger partial charge in [0.15, 0.2) is 0 Å². The maximum atomic E-state index is 6.07. The van der Waals surface area contributed by atoms with Crippen LogP contribution in [0.25, 0.3) is 0 Å². The molecule has 2 aromatic heterocycles. The van der Waals surface area contributed by atoms with Crippen LogP contribution in [0.3, 0.4) is 0 Å². The minimum absolute atomic E-state index is 0.414. The van der Waals surface area contributed by atoms with Gasteiger partial charge in [0.2, 0.25) is 0 Å². The Kier molecular flexibility index (Phi) is 3.61. The summed E-state index contributed by atoms with van der Waals surface area (Å²) in [5, 5.41) is 5.97. The van der Waals surface area contributed by atoms with Crippen molar-refractivity contribution in [3.63, 3.8) is 0 Å². The van der Waals surface area contributed by atoms with E-state index in [0.29, 0.717) is 27.4 Å². The number of hydrogen-bond donors (Lipinski definition) is 0. The van der Waals surface area contributed by atoms with Crippen LogP contribution in [0.1, 0.15) is 17.1 Å². The van der Waals surface area contributed by atoms with Gasteiger partial charge in [-0.15, -0.1) is 0 Å². The molecular weight excluding hydrogens is 281 g/mol. The maximum Gasteiger partial charge on any atom is 0.129 e. The molecule has 0 amide bonds. The fraction of sp³-hybridized carbons (Fsp3) is 0.273. The van der Waals surface area contributed by atoms with Gasteiger partial charge in [-0.05, 0) is 26.0 Å². The van der Waals surface area contributed by atoms with E-state index >= 15 is 0 Å². The van der Waals surface area contributed by atoms with Crippen LogP contribution in [0.5, 0.6) is 0 Å². The van der Waals surface area contributed by atoms with Crippen LogP contribution in [-0.2, 0) is 6.54 Å². The van der Waals surface area contributed by atoms with E-state index in [9.17, 15) is 0 Å². The molecule has 2 rings (SSSR count). The lowest BCUT2D eigenvalue weighted by molar-refractivity contribution is 0.647.